The summed E-state index contributed by atoms with van der Waals surface area (Å²) in [6.07, 6.45) is 5.43. The van der Waals surface area contributed by atoms with E-state index in [0.717, 1.165) is 5.56 Å². The zero-order valence-electron chi connectivity index (χ0n) is 13.6. The van der Waals surface area contributed by atoms with Gasteiger partial charge in [-0.15, -0.1) is 0 Å². The molecule has 0 aliphatic heterocycles. The number of hydrogen-bond donors (Lipinski definition) is 2. The van der Waals surface area contributed by atoms with E-state index in [2.05, 4.69) is 25.3 Å². The number of H-pyrrole nitrogens is 1. The lowest BCUT2D eigenvalue weighted by molar-refractivity contribution is 0.0955. The number of carbonyl (C=O) groups excluding carboxylic acids is 1. The summed E-state index contributed by atoms with van der Waals surface area (Å²) in [7, 11) is 0. The van der Waals surface area contributed by atoms with Crippen LogP contribution in [0.3, 0.4) is 0 Å². The molecule has 26 heavy (non-hydrogen) atoms. The smallest absolute Gasteiger partial charge is 0.253 e. The van der Waals surface area contributed by atoms with Crippen LogP contribution in [-0.2, 0) is 6.42 Å². The SMILES string of the molecule is O=C(NCCc1ccnc(Cl)c1)c1ccnc2nc(-c3ccco3)[nH]c12. The summed E-state index contributed by atoms with van der Waals surface area (Å²) in [4.78, 5) is 28.2. The molecule has 0 saturated carbocycles. The number of amides is 1. The van der Waals surface area contributed by atoms with Crippen LogP contribution in [0.4, 0.5) is 0 Å². The van der Waals surface area contributed by atoms with Crippen molar-refractivity contribution in [1.82, 2.24) is 25.3 Å². The lowest BCUT2D eigenvalue weighted by Crippen LogP contribution is -2.26. The van der Waals surface area contributed by atoms with E-state index in [9.17, 15) is 4.79 Å². The van der Waals surface area contributed by atoms with Crippen LogP contribution in [0.2, 0.25) is 5.15 Å². The van der Waals surface area contributed by atoms with Crippen LogP contribution in [0.1, 0.15) is 15.9 Å². The molecule has 0 atom stereocenters. The molecule has 4 heterocycles. The summed E-state index contributed by atoms with van der Waals surface area (Å²) < 4.78 is 5.34. The Balaban J connectivity index is 1.51. The van der Waals surface area contributed by atoms with Crippen molar-refractivity contribution in [3.8, 4) is 11.6 Å². The highest BCUT2D eigenvalue weighted by Gasteiger charge is 2.15. The first-order valence-corrected chi connectivity index (χ1v) is 8.36. The first-order valence-electron chi connectivity index (χ1n) is 7.98. The maximum Gasteiger partial charge on any atom is 0.253 e. The molecule has 0 bridgehead atoms. The quantitative estimate of drug-likeness (QED) is 0.528. The predicted molar refractivity (Wildman–Crippen MR) is 96.9 cm³/mol. The molecule has 0 unspecified atom stereocenters. The monoisotopic (exact) mass is 367 g/mol. The minimum Gasteiger partial charge on any atom is -0.461 e. The van der Waals surface area contributed by atoms with Gasteiger partial charge in [0, 0.05) is 18.9 Å². The fourth-order valence-corrected chi connectivity index (χ4v) is 2.84. The molecule has 4 rings (SSSR count). The number of aromatic amines is 1. The summed E-state index contributed by atoms with van der Waals surface area (Å²) in [5.41, 5.74) is 2.52. The van der Waals surface area contributed by atoms with E-state index in [0.29, 0.717) is 46.4 Å². The van der Waals surface area contributed by atoms with Crippen molar-refractivity contribution >= 4 is 28.7 Å². The number of nitrogens with zero attached hydrogens (tertiary/aromatic N) is 3. The second-order valence-electron chi connectivity index (χ2n) is 5.61. The number of fused-ring (bicyclic) bond motifs is 1. The van der Waals surface area contributed by atoms with Crippen LogP contribution in [0.25, 0.3) is 22.7 Å². The third-order valence-corrected chi connectivity index (χ3v) is 4.09. The average molecular weight is 368 g/mol. The van der Waals surface area contributed by atoms with E-state index in [1.165, 1.54) is 0 Å². The van der Waals surface area contributed by atoms with Gasteiger partial charge < -0.3 is 14.7 Å². The Kier molecular flexibility index (Phi) is 4.37. The molecule has 8 heteroatoms. The molecule has 0 aliphatic rings. The van der Waals surface area contributed by atoms with Crippen molar-refractivity contribution in [1.29, 1.82) is 0 Å². The third-order valence-electron chi connectivity index (χ3n) is 3.88. The normalized spacial score (nSPS) is 11.0. The Morgan fingerprint density at radius 3 is 2.92 bits per heavy atom. The Morgan fingerprint density at radius 2 is 2.12 bits per heavy atom. The van der Waals surface area contributed by atoms with Crippen molar-refractivity contribution in [3.63, 3.8) is 0 Å². The van der Waals surface area contributed by atoms with Gasteiger partial charge >= 0.3 is 0 Å². The maximum absolute atomic E-state index is 12.6. The number of pyridine rings is 2. The molecular formula is C18H14ClN5O2. The van der Waals surface area contributed by atoms with Crippen molar-refractivity contribution in [2.75, 3.05) is 6.54 Å². The van der Waals surface area contributed by atoms with E-state index in [-0.39, 0.29) is 5.91 Å². The van der Waals surface area contributed by atoms with E-state index >= 15 is 0 Å². The number of furan rings is 1. The second-order valence-corrected chi connectivity index (χ2v) is 6.00. The molecule has 4 aromatic rings. The molecule has 0 radical (unpaired) electrons. The van der Waals surface area contributed by atoms with Crippen LogP contribution < -0.4 is 5.32 Å². The van der Waals surface area contributed by atoms with Crippen LogP contribution in [0.5, 0.6) is 0 Å². The minimum atomic E-state index is -0.202. The van der Waals surface area contributed by atoms with Crippen LogP contribution in [0, 0.1) is 0 Å². The van der Waals surface area contributed by atoms with Crippen LogP contribution in [-0.4, -0.2) is 32.4 Å². The van der Waals surface area contributed by atoms with Gasteiger partial charge in [-0.3, -0.25) is 4.79 Å². The van der Waals surface area contributed by atoms with E-state index in [1.807, 2.05) is 6.07 Å². The highest BCUT2D eigenvalue weighted by atomic mass is 35.5. The topological polar surface area (TPSA) is 96.7 Å². The fraction of sp³-hybridized carbons (Fsp3) is 0.111. The molecule has 1 amide bonds. The standard InChI is InChI=1S/C18H14ClN5O2/c19-14-10-11(3-6-20-14)4-7-22-18(25)12-5-8-21-17-15(12)23-16(24-17)13-2-1-9-26-13/h1-3,5-6,8-10H,4,7H2,(H,22,25)(H,21,23,24). The molecule has 4 aromatic heterocycles. The number of hydrogen-bond acceptors (Lipinski definition) is 5. The van der Waals surface area contributed by atoms with E-state index in [4.69, 9.17) is 16.0 Å². The van der Waals surface area contributed by atoms with Crippen molar-refractivity contribution in [2.45, 2.75) is 6.42 Å². The van der Waals surface area contributed by atoms with Gasteiger partial charge in [-0.1, -0.05) is 11.6 Å². The lowest BCUT2D eigenvalue weighted by Gasteiger charge is -2.06. The maximum atomic E-state index is 12.6. The van der Waals surface area contributed by atoms with Gasteiger partial charge in [-0.25, -0.2) is 15.0 Å². The molecule has 0 fully saturated rings. The molecule has 2 N–H and O–H groups in total. The van der Waals surface area contributed by atoms with Gasteiger partial charge in [0.05, 0.1) is 17.3 Å². The number of carbonyl (C=O) groups is 1. The largest absolute Gasteiger partial charge is 0.461 e. The summed E-state index contributed by atoms with van der Waals surface area (Å²) in [6, 6.07) is 8.87. The number of aromatic nitrogens is 4. The first-order chi connectivity index (χ1) is 12.7. The molecule has 0 saturated heterocycles. The molecule has 130 valence electrons. The average Bonchev–Trinajstić information content (AvgIpc) is 3.30. The second kappa shape index (κ2) is 6.97. The predicted octanol–water partition coefficient (Wildman–Crippen LogP) is 3.24. The number of halogens is 1. The molecular weight excluding hydrogens is 354 g/mol. The summed E-state index contributed by atoms with van der Waals surface area (Å²) >= 11 is 5.87. The Bertz CT molecular complexity index is 1060. The fourth-order valence-electron chi connectivity index (χ4n) is 2.64. The van der Waals surface area contributed by atoms with Crippen LogP contribution >= 0.6 is 11.6 Å². The molecule has 0 aromatic carbocycles. The van der Waals surface area contributed by atoms with Gasteiger partial charge in [-0.05, 0) is 42.3 Å². The van der Waals surface area contributed by atoms with Gasteiger partial charge in [0.15, 0.2) is 17.2 Å². The minimum absolute atomic E-state index is 0.202. The van der Waals surface area contributed by atoms with Gasteiger partial charge in [0.2, 0.25) is 0 Å². The Labute approximate surface area is 153 Å². The summed E-state index contributed by atoms with van der Waals surface area (Å²) in [5.74, 6) is 0.917. The van der Waals surface area contributed by atoms with Crippen LogP contribution in [0.15, 0.2) is 53.4 Å². The number of rotatable bonds is 5. The summed E-state index contributed by atoms with van der Waals surface area (Å²) in [5, 5.41) is 3.34. The highest BCUT2D eigenvalue weighted by molar-refractivity contribution is 6.29. The van der Waals surface area contributed by atoms with Gasteiger partial charge in [0.25, 0.3) is 5.91 Å². The summed E-state index contributed by atoms with van der Waals surface area (Å²) in [6.45, 7) is 0.474. The molecule has 7 nitrogen and oxygen atoms in total. The van der Waals surface area contributed by atoms with Crippen molar-refractivity contribution in [3.05, 3.63) is 65.3 Å². The number of nitrogens with one attached hydrogen (secondary N) is 2. The Morgan fingerprint density at radius 1 is 1.23 bits per heavy atom. The number of imidazole rings is 1. The van der Waals surface area contributed by atoms with Gasteiger partial charge in [-0.2, -0.15) is 0 Å². The van der Waals surface area contributed by atoms with Crippen molar-refractivity contribution in [2.24, 2.45) is 0 Å². The third kappa shape index (κ3) is 3.29. The van der Waals surface area contributed by atoms with Gasteiger partial charge in [0.1, 0.15) is 5.15 Å². The molecule has 0 spiro atoms. The van der Waals surface area contributed by atoms with Crippen molar-refractivity contribution < 1.29 is 9.21 Å². The lowest BCUT2D eigenvalue weighted by atomic mass is 10.2. The zero-order valence-corrected chi connectivity index (χ0v) is 14.3. The Hall–Kier alpha value is -3.19. The molecule has 0 aliphatic carbocycles. The van der Waals surface area contributed by atoms with E-state index < -0.39 is 0 Å². The highest BCUT2D eigenvalue weighted by Crippen LogP contribution is 2.21. The van der Waals surface area contributed by atoms with E-state index in [1.54, 1.807) is 42.9 Å². The first kappa shape index (κ1) is 16.3. The zero-order chi connectivity index (χ0) is 17.9.